The number of ether oxygens (including phenoxy) is 1. The minimum Gasteiger partial charge on any atom is -0.496 e. The Morgan fingerprint density at radius 2 is 1.84 bits per heavy atom. The van der Waals surface area contributed by atoms with E-state index in [1.807, 2.05) is 6.92 Å². The first-order chi connectivity index (χ1) is 9.06. The summed E-state index contributed by atoms with van der Waals surface area (Å²) in [7, 11) is 1.71. The summed E-state index contributed by atoms with van der Waals surface area (Å²) >= 11 is 0. The monoisotopic (exact) mass is 263 g/mol. The van der Waals surface area contributed by atoms with Gasteiger partial charge in [0.2, 0.25) is 0 Å². The topological polar surface area (TPSA) is 41.5 Å². The largest absolute Gasteiger partial charge is 0.496 e. The predicted octanol–water partition coefficient (Wildman–Crippen LogP) is 2.65. The maximum atomic E-state index is 10.7. The number of hydrogen-bond donors (Lipinski definition) is 2. The van der Waals surface area contributed by atoms with E-state index in [9.17, 15) is 5.11 Å². The van der Waals surface area contributed by atoms with Crippen molar-refractivity contribution in [3.05, 3.63) is 28.3 Å². The van der Waals surface area contributed by atoms with Crippen LogP contribution in [0.3, 0.4) is 0 Å². The number of aryl methyl sites for hydroxylation is 1. The summed E-state index contributed by atoms with van der Waals surface area (Å²) in [6.07, 6.45) is 1.74. The van der Waals surface area contributed by atoms with Crippen molar-refractivity contribution >= 4 is 0 Å². The molecule has 3 heteroatoms. The second-order valence-corrected chi connectivity index (χ2v) is 5.60. The van der Waals surface area contributed by atoms with Crippen molar-refractivity contribution in [3.8, 4) is 5.75 Å². The van der Waals surface area contributed by atoms with Gasteiger partial charge in [0.15, 0.2) is 0 Å². The number of benzene rings is 1. The predicted molar refractivity (Wildman–Crippen MR) is 77.8 cm³/mol. The SMILES string of the molecule is COc1c(C)cc(C(O)C2CCNCC2)c(C)c1C. The molecule has 0 spiro atoms. The van der Waals surface area contributed by atoms with Gasteiger partial charge in [0, 0.05) is 0 Å². The van der Waals surface area contributed by atoms with E-state index in [-0.39, 0.29) is 6.10 Å². The average Bonchev–Trinajstić information content (AvgIpc) is 2.43. The minimum absolute atomic E-state index is 0.356. The highest BCUT2D eigenvalue weighted by molar-refractivity contribution is 5.49. The Kier molecular flexibility index (Phi) is 4.48. The zero-order valence-electron chi connectivity index (χ0n) is 12.4. The van der Waals surface area contributed by atoms with Gasteiger partial charge in [-0.05, 0) is 80.9 Å². The molecule has 1 heterocycles. The lowest BCUT2D eigenvalue weighted by atomic mass is 9.84. The van der Waals surface area contributed by atoms with Crippen molar-refractivity contribution in [2.24, 2.45) is 5.92 Å². The lowest BCUT2D eigenvalue weighted by Crippen LogP contribution is -2.31. The maximum absolute atomic E-state index is 10.7. The van der Waals surface area contributed by atoms with Crippen LogP contribution in [-0.4, -0.2) is 25.3 Å². The first-order valence-corrected chi connectivity index (χ1v) is 7.09. The number of aliphatic hydroxyl groups is 1. The Bertz CT molecular complexity index is 451. The van der Waals surface area contributed by atoms with E-state index in [2.05, 4.69) is 25.2 Å². The normalized spacial score (nSPS) is 18.4. The molecule has 0 aromatic heterocycles. The zero-order valence-corrected chi connectivity index (χ0v) is 12.4. The van der Waals surface area contributed by atoms with Gasteiger partial charge in [-0.3, -0.25) is 0 Å². The number of nitrogens with one attached hydrogen (secondary N) is 1. The summed E-state index contributed by atoms with van der Waals surface area (Å²) in [4.78, 5) is 0. The lowest BCUT2D eigenvalue weighted by Gasteiger charge is -2.29. The number of hydrogen-bond acceptors (Lipinski definition) is 3. The Morgan fingerprint density at radius 3 is 2.42 bits per heavy atom. The standard InChI is InChI=1S/C16H25NO2/c1-10-9-14(11(2)12(3)16(10)19-4)15(18)13-5-7-17-8-6-13/h9,13,15,17-18H,5-8H2,1-4H3. The highest BCUT2D eigenvalue weighted by atomic mass is 16.5. The third-order valence-electron chi connectivity index (χ3n) is 4.42. The molecule has 0 radical (unpaired) electrons. The van der Waals surface area contributed by atoms with Crippen LogP contribution in [0.1, 0.15) is 41.2 Å². The van der Waals surface area contributed by atoms with Crippen LogP contribution in [-0.2, 0) is 0 Å². The quantitative estimate of drug-likeness (QED) is 0.881. The van der Waals surface area contributed by atoms with Gasteiger partial charge < -0.3 is 15.2 Å². The van der Waals surface area contributed by atoms with Crippen LogP contribution in [0, 0.1) is 26.7 Å². The Morgan fingerprint density at radius 1 is 1.21 bits per heavy atom. The summed E-state index contributed by atoms with van der Waals surface area (Å²) in [5.74, 6) is 1.31. The van der Waals surface area contributed by atoms with E-state index in [0.717, 1.165) is 53.9 Å². The molecule has 1 aliphatic rings. The van der Waals surface area contributed by atoms with Gasteiger partial charge >= 0.3 is 0 Å². The second-order valence-electron chi connectivity index (χ2n) is 5.60. The summed E-state index contributed by atoms with van der Waals surface area (Å²) in [6.45, 7) is 8.21. The third-order valence-corrected chi connectivity index (χ3v) is 4.42. The number of aliphatic hydroxyl groups excluding tert-OH is 1. The fourth-order valence-corrected chi connectivity index (χ4v) is 3.12. The lowest BCUT2D eigenvalue weighted by molar-refractivity contribution is 0.0882. The van der Waals surface area contributed by atoms with Crippen LogP contribution < -0.4 is 10.1 Å². The maximum Gasteiger partial charge on any atom is 0.124 e. The van der Waals surface area contributed by atoms with E-state index in [0.29, 0.717) is 5.92 Å². The van der Waals surface area contributed by atoms with Crippen LogP contribution in [0.5, 0.6) is 5.75 Å². The molecule has 0 aliphatic carbocycles. The minimum atomic E-state index is -0.356. The van der Waals surface area contributed by atoms with E-state index in [1.165, 1.54) is 0 Å². The molecule has 3 nitrogen and oxygen atoms in total. The number of methoxy groups -OCH3 is 1. The van der Waals surface area contributed by atoms with Gasteiger partial charge in [-0.1, -0.05) is 0 Å². The molecule has 0 bridgehead atoms. The molecule has 19 heavy (non-hydrogen) atoms. The molecule has 1 saturated heterocycles. The van der Waals surface area contributed by atoms with Gasteiger partial charge in [-0.25, -0.2) is 0 Å². The smallest absolute Gasteiger partial charge is 0.124 e. The summed E-state index contributed by atoms with van der Waals surface area (Å²) in [5, 5.41) is 14.0. The van der Waals surface area contributed by atoms with Gasteiger partial charge in [0.25, 0.3) is 0 Å². The molecule has 2 N–H and O–H groups in total. The third kappa shape index (κ3) is 2.77. The van der Waals surface area contributed by atoms with Gasteiger partial charge in [-0.15, -0.1) is 0 Å². The molecule has 1 aromatic carbocycles. The highest BCUT2D eigenvalue weighted by Crippen LogP contribution is 2.36. The summed E-state index contributed by atoms with van der Waals surface area (Å²) in [6, 6.07) is 2.09. The molecule has 1 aliphatic heterocycles. The molecule has 1 aromatic rings. The molecule has 0 amide bonds. The van der Waals surface area contributed by atoms with Crippen molar-refractivity contribution in [2.45, 2.75) is 39.7 Å². The van der Waals surface area contributed by atoms with Crippen molar-refractivity contribution in [1.82, 2.24) is 5.32 Å². The first-order valence-electron chi connectivity index (χ1n) is 7.09. The van der Waals surface area contributed by atoms with Gasteiger partial charge in [-0.2, -0.15) is 0 Å². The van der Waals surface area contributed by atoms with Crippen molar-refractivity contribution < 1.29 is 9.84 Å². The van der Waals surface area contributed by atoms with Crippen LogP contribution in [0.25, 0.3) is 0 Å². The molecule has 1 fully saturated rings. The Hall–Kier alpha value is -1.06. The Balaban J connectivity index is 2.33. The highest BCUT2D eigenvalue weighted by Gasteiger charge is 2.25. The molecular weight excluding hydrogens is 238 g/mol. The van der Waals surface area contributed by atoms with E-state index in [1.54, 1.807) is 7.11 Å². The van der Waals surface area contributed by atoms with E-state index < -0.39 is 0 Å². The molecule has 1 atom stereocenters. The molecule has 106 valence electrons. The first kappa shape index (κ1) is 14.4. The fourth-order valence-electron chi connectivity index (χ4n) is 3.12. The molecule has 0 saturated carbocycles. The van der Waals surface area contributed by atoms with E-state index in [4.69, 9.17) is 4.74 Å². The second kappa shape index (κ2) is 5.93. The molecular formula is C16H25NO2. The van der Waals surface area contributed by atoms with Crippen LogP contribution in [0.4, 0.5) is 0 Å². The molecule has 1 unspecified atom stereocenters. The molecule has 2 rings (SSSR count). The number of piperidine rings is 1. The zero-order chi connectivity index (χ0) is 14.0. The summed E-state index contributed by atoms with van der Waals surface area (Å²) < 4.78 is 5.45. The average molecular weight is 263 g/mol. The van der Waals surface area contributed by atoms with Crippen LogP contribution in [0.2, 0.25) is 0 Å². The van der Waals surface area contributed by atoms with Gasteiger partial charge in [0.1, 0.15) is 5.75 Å². The fraction of sp³-hybridized carbons (Fsp3) is 0.625. The number of rotatable bonds is 3. The van der Waals surface area contributed by atoms with Crippen LogP contribution >= 0.6 is 0 Å². The van der Waals surface area contributed by atoms with Crippen molar-refractivity contribution in [2.75, 3.05) is 20.2 Å². The van der Waals surface area contributed by atoms with Crippen LogP contribution in [0.15, 0.2) is 6.07 Å². The van der Waals surface area contributed by atoms with Crippen molar-refractivity contribution in [3.63, 3.8) is 0 Å². The van der Waals surface area contributed by atoms with E-state index >= 15 is 0 Å². The van der Waals surface area contributed by atoms with Gasteiger partial charge in [0.05, 0.1) is 13.2 Å². The summed E-state index contributed by atoms with van der Waals surface area (Å²) in [5.41, 5.74) is 4.48. The van der Waals surface area contributed by atoms with Crippen molar-refractivity contribution in [1.29, 1.82) is 0 Å². The Labute approximate surface area is 116 Å².